The van der Waals surface area contributed by atoms with Crippen LogP contribution in [0.15, 0.2) is 85.1 Å². The van der Waals surface area contributed by atoms with Crippen molar-refractivity contribution in [2.75, 3.05) is 12.4 Å². The molecule has 0 radical (unpaired) electrons. The molecule has 0 fully saturated rings. The number of hydrogen-bond acceptors (Lipinski definition) is 3. The highest BCUT2D eigenvalue weighted by molar-refractivity contribution is 6.08. The van der Waals surface area contributed by atoms with Crippen LogP contribution < -0.4 is 10.1 Å². The summed E-state index contributed by atoms with van der Waals surface area (Å²) in [5.41, 5.74) is 3.00. The summed E-state index contributed by atoms with van der Waals surface area (Å²) >= 11 is 0. The Morgan fingerprint density at radius 2 is 1.76 bits per heavy atom. The zero-order valence-electron chi connectivity index (χ0n) is 15.7. The highest BCUT2D eigenvalue weighted by Crippen LogP contribution is 2.27. The summed E-state index contributed by atoms with van der Waals surface area (Å²) < 4.78 is 20.1. The quantitative estimate of drug-likeness (QED) is 0.528. The molecule has 0 aliphatic carbocycles. The molecule has 1 N–H and O–H groups in total. The number of aromatic nitrogens is 2. The first-order valence-electron chi connectivity index (χ1n) is 9.00. The van der Waals surface area contributed by atoms with Crippen molar-refractivity contribution in [3.05, 3.63) is 96.4 Å². The largest absolute Gasteiger partial charge is 0.497 e. The molecule has 0 saturated carbocycles. The van der Waals surface area contributed by atoms with E-state index in [0.717, 1.165) is 11.3 Å². The van der Waals surface area contributed by atoms with Crippen molar-refractivity contribution in [3.63, 3.8) is 0 Å². The molecule has 6 heteroatoms. The van der Waals surface area contributed by atoms with Crippen molar-refractivity contribution >= 4 is 11.6 Å². The van der Waals surface area contributed by atoms with Crippen LogP contribution in [0.1, 0.15) is 10.4 Å². The van der Waals surface area contributed by atoms with Gasteiger partial charge in [0.2, 0.25) is 0 Å². The highest BCUT2D eigenvalue weighted by atomic mass is 19.1. The van der Waals surface area contributed by atoms with E-state index in [-0.39, 0.29) is 11.7 Å². The van der Waals surface area contributed by atoms with Gasteiger partial charge in [0.15, 0.2) is 0 Å². The predicted octanol–water partition coefficient (Wildman–Crippen LogP) is 4.94. The molecule has 1 amide bonds. The third kappa shape index (κ3) is 4.01. The van der Waals surface area contributed by atoms with Gasteiger partial charge < -0.3 is 10.1 Å². The van der Waals surface area contributed by atoms with E-state index in [1.807, 2.05) is 54.6 Å². The van der Waals surface area contributed by atoms with Gasteiger partial charge in [-0.05, 0) is 48.5 Å². The van der Waals surface area contributed by atoms with Crippen molar-refractivity contribution in [1.29, 1.82) is 0 Å². The number of anilines is 1. The second-order valence-corrected chi connectivity index (χ2v) is 6.36. The fourth-order valence-corrected chi connectivity index (χ4v) is 2.97. The Morgan fingerprint density at radius 1 is 1.00 bits per heavy atom. The van der Waals surface area contributed by atoms with Gasteiger partial charge in [-0.25, -0.2) is 9.07 Å². The first kappa shape index (κ1) is 18.4. The maximum absolute atomic E-state index is 13.2. The fourth-order valence-electron chi connectivity index (χ4n) is 2.97. The highest BCUT2D eigenvalue weighted by Gasteiger charge is 2.19. The number of methoxy groups -OCH3 is 1. The Morgan fingerprint density at radius 3 is 2.48 bits per heavy atom. The molecule has 3 aromatic carbocycles. The lowest BCUT2D eigenvalue weighted by Gasteiger charge is -2.06. The van der Waals surface area contributed by atoms with E-state index in [0.29, 0.717) is 22.7 Å². The van der Waals surface area contributed by atoms with Gasteiger partial charge in [0.05, 0.1) is 18.4 Å². The van der Waals surface area contributed by atoms with E-state index in [9.17, 15) is 9.18 Å². The third-order valence-electron chi connectivity index (χ3n) is 4.42. The lowest BCUT2D eigenvalue weighted by molar-refractivity contribution is 0.102. The Balaban J connectivity index is 1.77. The van der Waals surface area contributed by atoms with Crippen LogP contribution in [0.3, 0.4) is 0 Å². The topological polar surface area (TPSA) is 56.2 Å². The summed E-state index contributed by atoms with van der Waals surface area (Å²) in [6.45, 7) is 0. The molecule has 4 aromatic rings. The van der Waals surface area contributed by atoms with Crippen molar-refractivity contribution in [2.24, 2.45) is 0 Å². The molecule has 5 nitrogen and oxygen atoms in total. The first-order chi connectivity index (χ1) is 14.1. The number of halogens is 1. The second kappa shape index (κ2) is 7.98. The summed E-state index contributed by atoms with van der Waals surface area (Å²) in [7, 11) is 1.59. The minimum absolute atomic E-state index is 0.336. The van der Waals surface area contributed by atoms with Crippen LogP contribution in [0.25, 0.3) is 16.9 Å². The van der Waals surface area contributed by atoms with Gasteiger partial charge in [-0.3, -0.25) is 4.79 Å². The number of para-hydroxylation sites is 1. The van der Waals surface area contributed by atoms with Gasteiger partial charge >= 0.3 is 0 Å². The molecule has 0 atom stereocenters. The van der Waals surface area contributed by atoms with E-state index in [2.05, 4.69) is 10.4 Å². The minimum Gasteiger partial charge on any atom is -0.497 e. The smallest absolute Gasteiger partial charge is 0.259 e. The van der Waals surface area contributed by atoms with Crippen molar-refractivity contribution in [3.8, 4) is 22.7 Å². The molecule has 0 aliphatic rings. The maximum Gasteiger partial charge on any atom is 0.259 e. The fraction of sp³-hybridized carbons (Fsp3) is 0.0435. The summed E-state index contributed by atoms with van der Waals surface area (Å²) in [5, 5.41) is 7.44. The summed E-state index contributed by atoms with van der Waals surface area (Å²) in [6, 6.07) is 22.5. The monoisotopic (exact) mass is 387 g/mol. The number of benzene rings is 3. The molecule has 0 aliphatic heterocycles. The molecule has 0 unspecified atom stereocenters. The summed E-state index contributed by atoms with van der Waals surface area (Å²) in [4.78, 5) is 13.0. The van der Waals surface area contributed by atoms with Crippen LogP contribution in [0.5, 0.6) is 5.75 Å². The van der Waals surface area contributed by atoms with Crippen molar-refractivity contribution < 1.29 is 13.9 Å². The zero-order chi connectivity index (χ0) is 20.2. The molecule has 0 saturated heterocycles. The molecule has 144 valence electrons. The molecule has 4 rings (SSSR count). The van der Waals surface area contributed by atoms with E-state index in [1.54, 1.807) is 18.0 Å². The molecule has 1 heterocycles. The molecular weight excluding hydrogens is 369 g/mol. The Kier molecular flexibility index (Phi) is 5.07. The van der Waals surface area contributed by atoms with Crippen molar-refractivity contribution in [2.45, 2.75) is 0 Å². The lowest BCUT2D eigenvalue weighted by Crippen LogP contribution is -2.12. The van der Waals surface area contributed by atoms with Crippen molar-refractivity contribution in [1.82, 2.24) is 9.78 Å². The average Bonchev–Trinajstić information content (AvgIpc) is 3.22. The standard InChI is InChI=1S/C23H18FN3O2/c1-29-20-9-5-6-16(14-20)22-21(15-27(26-22)19-7-3-2-4-8-19)23(28)25-18-12-10-17(24)11-13-18/h2-15H,1H3,(H,25,28). The van der Waals surface area contributed by atoms with Crippen LogP contribution in [-0.4, -0.2) is 22.8 Å². The number of carbonyl (C=O) groups is 1. The molecule has 1 aromatic heterocycles. The number of nitrogens with zero attached hydrogens (tertiary/aromatic N) is 2. The van der Waals surface area contributed by atoms with Crippen LogP contribution in [0.2, 0.25) is 0 Å². The zero-order valence-corrected chi connectivity index (χ0v) is 15.7. The van der Waals surface area contributed by atoms with Crippen LogP contribution in [-0.2, 0) is 0 Å². The SMILES string of the molecule is COc1cccc(-c2nn(-c3ccccc3)cc2C(=O)Nc2ccc(F)cc2)c1. The number of rotatable bonds is 5. The molecule has 0 bridgehead atoms. The Hall–Kier alpha value is -3.93. The maximum atomic E-state index is 13.2. The molecular formula is C23H18FN3O2. The minimum atomic E-state index is -0.364. The van der Waals surface area contributed by atoms with Gasteiger partial charge in [0, 0.05) is 17.4 Å². The second-order valence-electron chi connectivity index (χ2n) is 6.36. The lowest BCUT2D eigenvalue weighted by atomic mass is 10.1. The Labute approximate surface area is 167 Å². The molecule has 0 spiro atoms. The van der Waals surface area contributed by atoms with Crippen LogP contribution in [0.4, 0.5) is 10.1 Å². The summed E-state index contributed by atoms with van der Waals surface area (Å²) in [5.74, 6) is -0.0322. The number of ether oxygens (including phenoxy) is 1. The molecule has 29 heavy (non-hydrogen) atoms. The Bertz CT molecular complexity index is 1140. The van der Waals surface area contributed by atoms with Gasteiger partial charge in [-0.2, -0.15) is 5.10 Å². The number of carbonyl (C=O) groups excluding carboxylic acids is 1. The van der Waals surface area contributed by atoms with E-state index >= 15 is 0 Å². The third-order valence-corrected chi connectivity index (χ3v) is 4.42. The van der Waals surface area contributed by atoms with Crippen LogP contribution >= 0.6 is 0 Å². The van der Waals surface area contributed by atoms with E-state index < -0.39 is 0 Å². The first-order valence-corrected chi connectivity index (χ1v) is 9.00. The van der Waals surface area contributed by atoms with Gasteiger partial charge in [-0.15, -0.1) is 0 Å². The number of hydrogen-bond donors (Lipinski definition) is 1. The predicted molar refractivity (Wildman–Crippen MR) is 110 cm³/mol. The van der Waals surface area contributed by atoms with Gasteiger partial charge in [0.25, 0.3) is 5.91 Å². The number of amides is 1. The average molecular weight is 387 g/mol. The van der Waals surface area contributed by atoms with E-state index in [4.69, 9.17) is 4.74 Å². The normalized spacial score (nSPS) is 10.6. The summed E-state index contributed by atoms with van der Waals surface area (Å²) in [6.07, 6.45) is 1.68. The van der Waals surface area contributed by atoms with Gasteiger partial charge in [0.1, 0.15) is 17.3 Å². The van der Waals surface area contributed by atoms with E-state index in [1.165, 1.54) is 24.3 Å². The van der Waals surface area contributed by atoms with Crippen LogP contribution in [0, 0.1) is 5.82 Å². The number of nitrogens with one attached hydrogen (secondary N) is 1. The van der Waals surface area contributed by atoms with Gasteiger partial charge in [-0.1, -0.05) is 30.3 Å².